The minimum Gasteiger partial charge on any atom is -0.497 e. The molecule has 168 valence electrons. The number of aromatic nitrogens is 2. The number of hydrogen-bond donors (Lipinski definition) is 1. The quantitative estimate of drug-likeness (QED) is 0.304. The zero-order valence-electron chi connectivity index (χ0n) is 18.6. The zero-order valence-corrected chi connectivity index (χ0v) is 19.4. The van der Waals surface area contributed by atoms with Crippen LogP contribution in [0.25, 0.3) is 10.9 Å². The molecule has 0 aliphatic heterocycles. The third-order valence-electron chi connectivity index (χ3n) is 5.28. The fraction of sp³-hybridized carbons (Fsp3) is 0.192. The van der Waals surface area contributed by atoms with Crippen LogP contribution < -0.4 is 15.6 Å². The Balaban J connectivity index is 1.59. The summed E-state index contributed by atoms with van der Waals surface area (Å²) in [5, 5.41) is 3.99. The number of carbonyl (C=O) groups excluding carboxylic acids is 1. The van der Waals surface area contributed by atoms with Crippen LogP contribution in [0.2, 0.25) is 0 Å². The fourth-order valence-electron chi connectivity index (χ4n) is 3.51. The molecule has 1 heterocycles. The molecule has 0 atom stereocenters. The largest absolute Gasteiger partial charge is 0.497 e. The second-order valence-corrected chi connectivity index (χ2v) is 8.48. The molecular formula is C26H25N3O3S. The first-order chi connectivity index (χ1) is 16.1. The third-order valence-corrected chi connectivity index (χ3v) is 6.25. The van der Waals surface area contributed by atoms with Gasteiger partial charge >= 0.3 is 0 Å². The van der Waals surface area contributed by atoms with Crippen LogP contribution in [0.4, 0.5) is 5.69 Å². The molecule has 3 aromatic carbocycles. The second kappa shape index (κ2) is 10.4. The number of aryl methyl sites for hydroxylation is 1. The normalized spacial score (nSPS) is 10.8. The number of ether oxygens (including phenoxy) is 1. The maximum Gasteiger partial charge on any atom is 0.262 e. The number of nitrogens with zero attached hydrogens (tertiary/aromatic N) is 2. The topological polar surface area (TPSA) is 73.2 Å². The Labute approximate surface area is 196 Å². The summed E-state index contributed by atoms with van der Waals surface area (Å²) in [6.07, 6.45) is 0.900. The van der Waals surface area contributed by atoms with Crippen LogP contribution in [-0.4, -0.2) is 28.3 Å². The van der Waals surface area contributed by atoms with Crippen LogP contribution >= 0.6 is 11.8 Å². The summed E-state index contributed by atoms with van der Waals surface area (Å²) in [5.41, 5.74) is 3.35. The van der Waals surface area contributed by atoms with E-state index < -0.39 is 0 Å². The Morgan fingerprint density at radius 1 is 1.03 bits per heavy atom. The van der Waals surface area contributed by atoms with Crippen molar-refractivity contribution >= 4 is 34.3 Å². The Kier molecular flexibility index (Phi) is 7.10. The maximum atomic E-state index is 13.3. The van der Waals surface area contributed by atoms with Crippen LogP contribution in [0.1, 0.15) is 18.1 Å². The average molecular weight is 460 g/mol. The van der Waals surface area contributed by atoms with E-state index >= 15 is 0 Å². The summed E-state index contributed by atoms with van der Waals surface area (Å²) in [4.78, 5) is 30.6. The van der Waals surface area contributed by atoms with Gasteiger partial charge < -0.3 is 10.1 Å². The lowest BCUT2D eigenvalue weighted by molar-refractivity contribution is -0.113. The molecule has 0 aliphatic carbocycles. The summed E-state index contributed by atoms with van der Waals surface area (Å²) in [5.74, 6) is 0.747. The average Bonchev–Trinajstić information content (AvgIpc) is 2.85. The molecule has 0 unspecified atom stereocenters. The van der Waals surface area contributed by atoms with Crippen LogP contribution in [-0.2, 0) is 17.8 Å². The van der Waals surface area contributed by atoms with Gasteiger partial charge in [0.05, 0.1) is 30.3 Å². The first-order valence-electron chi connectivity index (χ1n) is 10.7. The molecule has 0 saturated heterocycles. The molecule has 0 saturated carbocycles. The van der Waals surface area contributed by atoms with E-state index in [-0.39, 0.29) is 17.2 Å². The molecule has 4 aromatic rings. The molecule has 6 nitrogen and oxygen atoms in total. The molecule has 1 amide bonds. The second-order valence-electron chi connectivity index (χ2n) is 7.54. The predicted molar refractivity (Wildman–Crippen MR) is 133 cm³/mol. The molecule has 0 bridgehead atoms. The zero-order chi connectivity index (χ0) is 23.2. The lowest BCUT2D eigenvalue weighted by Gasteiger charge is -2.14. The van der Waals surface area contributed by atoms with Crippen molar-refractivity contribution in [3.63, 3.8) is 0 Å². The highest BCUT2D eigenvalue weighted by Crippen LogP contribution is 2.21. The van der Waals surface area contributed by atoms with Crippen LogP contribution in [0, 0.1) is 0 Å². The highest BCUT2D eigenvalue weighted by Gasteiger charge is 2.14. The molecule has 33 heavy (non-hydrogen) atoms. The monoisotopic (exact) mass is 459 g/mol. The summed E-state index contributed by atoms with van der Waals surface area (Å²) >= 11 is 1.26. The number of amides is 1. The first-order valence-corrected chi connectivity index (χ1v) is 11.7. The van der Waals surface area contributed by atoms with Gasteiger partial charge in [-0.3, -0.25) is 14.2 Å². The van der Waals surface area contributed by atoms with E-state index in [0.717, 1.165) is 29.0 Å². The minimum absolute atomic E-state index is 0.130. The first kappa shape index (κ1) is 22.6. The SMILES string of the molecule is CCc1cccc(NC(=O)CSc2nc3ccccc3c(=O)n2Cc2ccc(OC)cc2)c1. The van der Waals surface area contributed by atoms with Crippen molar-refractivity contribution in [1.29, 1.82) is 0 Å². The van der Waals surface area contributed by atoms with Crippen molar-refractivity contribution in [2.75, 3.05) is 18.2 Å². The number of anilines is 1. The predicted octanol–water partition coefficient (Wildman–Crippen LogP) is 4.75. The van der Waals surface area contributed by atoms with Crippen LogP contribution in [0.5, 0.6) is 5.75 Å². The number of carbonyl (C=O) groups is 1. The van der Waals surface area contributed by atoms with Gasteiger partial charge in [-0.25, -0.2) is 4.98 Å². The van der Waals surface area contributed by atoms with E-state index in [1.807, 2.05) is 66.7 Å². The van der Waals surface area contributed by atoms with E-state index in [2.05, 4.69) is 12.2 Å². The Morgan fingerprint density at radius 2 is 1.82 bits per heavy atom. The van der Waals surface area contributed by atoms with Gasteiger partial charge in [-0.1, -0.05) is 55.1 Å². The summed E-state index contributed by atoms with van der Waals surface area (Å²) in [6, 6.07) is 22.6. The number of thioether (sulfide) groups is 1. The number of para-hydroxylation sites is 1. The van der Waals surface area contributed by atoms with Crippen molar-refractivity contribution < 1.29 is 9.53 Å². The molecule has 4 rings (SSSR count). The van der Waals surface area contributed by atoms with E-state index in [4.69, 9.17) is 9.72 Å². The summed E-state index contributed by atoms with van der Waals surface area (Å²) < 4.78 is 6.85. The molecule has 0 aliphatic rings. The molecule has 0 spiro atoms. The Bertz CT molecular complexity index is 1330. The minimum atomic E-state index is -0.147. The van der Waals surface area contributed by atoms with Crippen molar-refractivity contribution in [3.05, 3.63) is 94.3 Å². The van der Waals surface area contributed by atoms with Crippen molar-refractivity contribution in [2.45, 2.75) is 25.0 Å². The van der Waals surface area contributed by atoms with Crippen molar-refractivity contribution in [3.8, 4) is 5.75 Å². The molecule has 0 radical (unpaired) electrons. The van der Waals surface area contributed by atoms with Gasteiger partial charge in [0.25, 0.3) is 5.56 Å². The van der Waals surface area contributed by atoms with Crippen molar-refractivity contribution in [2.24, 2.45) is 0 Å². The number of rotatable bonds is 8. The fourth-order valence-corrected chi connectivity index (χ4v) is 4.31. The van der Waals surface area contributed by atoms with Gasteiger partial charge in [0.15, 0.2) is 5.16 Å². The number of nitrogens with one attached hydrogen (secondary N) is 1. The van der Waals surface area contributed by atoms with Crippen LogP contribution in [0.15, 0.2) is 82.7 Å². The highest BCUT2D eigenvalue weighted by molar-refractivity contribution is 7.99. The van der Waals surface area contributed by atoms with Gasteiger partial charge in [-0.2, -0.15) is 0 Å². The number of hydrogen-bond acceptors (Lipinski definition) is 5. The lowest BCUT2D eigenvalue weighted by atomic mass is 10.1. The number of benzene rings is 3. The number of fused-ring (bicyclic) bond motifs is 1. The van der Waals surface area contributed by atoms with Gasteiger partial charge in [0, 0.05) is 5.69 Å². The lowest BCUT2D eigenvalue weighted by Crippen LogP contribution is -2.25. The molecule has 1 N–H and O–H groups in total. The number of methoxy groups -OCH3 is 1. The smallest absolute Gasteiger partial charge is 0.262 e. The Morgan fingerprint density at radius 3 is 2.58 bits per heavy atom. The summed E-state index contributed by atoms with van der Waals surface area (Å²) in [7, 11) is 1.62. The summed E-state index contributed by atoms with van der Waals surface area (Å²) in [6.45, 7) is 2.42. The van der Waals surface area contributed by atoms with Crippen molar-refractivity contribution in [1.82, 2.24) is 9.55 Å². The molecular weight excluding hydrogens is 434 g/mol. The third kappa shape index (κ3) is 5.43. The van der Waals surface area contributed by atoms with Gasteiger partial charge in [-0.05, 0) is 53.9 Å². The standard InChI is InChI=1S/C26H25N3O3S/c1-3-18-7-6-8-20(15-18)27-24(30)17-33-26-28-23-10-5-4-9-22(23)25(31)29(26)16-19-11-13-21(32-2)14-12-19/h4-15H,3,16-17H2,1-2H3,(H,27,30). The van der Waals surface area contributed by atoms with E-state index in [0.29, 0.717) is 22.6 Å². The Hall–Kier alpha value is -3.58. The van der Waals surface area contributed by atoms with Gasteiger partial charge in [-0.15, -0.1) is 0 Å². The van der Waals surface area contributed by atoms with Gasteiger partial charge in [0.1, 0.15) is 5.75 Å². The van der Waals surface area contributed by atoms with E-state index in [1.54, 1.807) is 17.7 Å². The molecule has 1 aromatic heterocycles. The molecule has 7 heteroatoms. The van der Waals surface area contributed by atoms with Crippen LogP contribution in [0.3, 0.4) is 0 Å². The maximum absolute atomic E-state index is 13.3. The molecule has 0 fully saturated rings. The van der Waals surface area contributed by atoms with E-state index in [9.17, 15) is 9.59 Å². The van der Waals surface area contributed by atoms with Gasteiger partial charge in [0.2, 0.25) is 5.91 Å². The van der Waals surface area contributed by atoms with E-state index in [1.165, 1.54) is 11.8 Å². The highest BCUT2D eigenvalue weighted by atomic mass is 32.2.